The molecule has 0 fully saturated rings. The first-order valence-corrected chi connectivity index (χ1v) is 4.53. The lowest BCUT2D eigenvalue weighted by Gasteiger charge is -2.08. The highest BCUT2D eigenvalue weighted by Crippen LogP contribution is 2.16. The Morgan fingerprint density at radius 1 is 1.54 bits per heavy atom. The van der Waals surface area contributed by atoms with Gasteiger partial charge in [-0.25, -0.2) is 4.98 Å². The number of nitrogen functional groups attached to an aromatic ring is 1. The van der Waals surface area contributed by atoms with Gasteiger partial charge in [-0.1, -0.05) is 13.8 Å². The molecule has 1 aromatic rings. The number of ether oxygens (including phenoxy) is 1. The Morgan fingerprint density at radius 3 is 2.92 bits per heavy atom. The maximum atomic E-state index is 5.65. The highest BCUT2D eigenvalue weighted by atomic mass is 16.5. The largest absolute Gasteiger partial charge is 0.476 e. The Morgan fingerprint density at radius 2 is 2.31 bits per heavy atom. The minimum absolute atomic E-state index is 0.545. The zero-order chi connectivity index (χ0) is 9.68. The summed E-state index contributed by atoms with van der Waals surface area (Å²) in [7, 11) is 0. The highest BCUT2D eigenvalue weighted by Gasteiger charge is 2.00. The third kappa shape index (κ3) is 3.32. The van der Waals surface area contributed by atoms with Gasteiger partial charge in [0.15, 0.2) is 0 Å². The van der Waals surface area contributed by atoms with Gasteiger partial charge in [0.2, 0.25) is 5.88 Å². The number of rotatable bonds is 4. The molecular weight excluding hydrogens is 164 g/mol. The van der Waals surface area contributed by atoms with Gasteiger partial charge >= 0.3 is 0 Å². The second-order valence-electron chi connectivity index (χ2n) is 3.43. The van der Waals surface area contributed by atoms with Gasteiger partial charge in [0.05, 0.1) is 12.3 Å². The van der Waals surface area contributed by atoms with Crippen LogP contribution in [0.4, 0.5) is 5.69 Å². The predicted molar refractivity (Wildman–Crippen MR) is 53.6 cm³/mol. The molecule has 72 valence electrons. The molecule has 0 bridgehead atoms. The van der Waals surface area contributed by atoms with Crippen molar-refractivity contribution in [3.05, 3.63) is 18.3 Å². The molecule has 1 rings (SSSR count). The van der Waals surface area contributed by atoms with Crippen LogP contribution in [0.15, 0.2) is 18.3 Å². The summed E-state index contributed by atoms with van der Waals surface area (Å²) >= 11 is 0. The molecule has 0 aliphatic heterocycles. The summed E-state index contributed by atoms with van der Waals surface area (Å²) in [5.74, 6) is 1.19. The molecule has 3 heteroatoms. The minimum atomic E-state index is 0.545. The quantitative estimate of drug-likeness (QED) is 0.771. The monoisotopic (exact) mass is 180 g/mol. The van der Waals surface area contributed by atoms with Crippen molar-refractivity contribution in [3.8, 4) is 5.88 Å². The van der Waals surface area contributed by atoms with Crippen molar-refractivity contribution in [2.75, 3.05) is 12.3 Å². The highest BCUT2D eigenvalue weighted by molar-refractivity contribution is 5.46. The van der Waals surface area contributed by atoms with E-state index in [1.165, 1.54) is 0 Å². The molecule has 0 saturated heterocycles. The molecule has 0 spiro atoms. The number of nitrogens with two attached hydrogens (primary N) is 1. The van der Waals surface area contributed by atoms with E-state index >= 15 is 0 Å². The molecule has 0 amide bonds. The van der Waals surface area contributed by atoms with Crippen LogP contribution in [0.3, 0.4) is 0 Å². The average Bonchev–Trinajstić information content (AvgIpc) is 2.08. The summed E-state index contributed by atoms with van der Waals surface area (Å²) in [5, 5.41) is 0. The fourth-order valence-corrected chi connectivity index (χ4v) is 0.915. The number of aromatic nitrogens is 1. The standard InChI is InChI=1S/C10H16N2O/c1-8(2)5-7-13-10-9(11)4-3-6-12-10/h3-4,6,8H,5,7,11H2,1-2H3. The first-order valence-electron chi connectivity index (χ1n) is 4.53. The van der Waals surface area contributed by atoms with Crippen molar-refractivity contribution < 1.29 is 4.74 Å². The van der Waals surface area contributed by atoms with Crippen LogP contribution in [-0.2, 0) is 0 Å². The molecule has 2 N–H and O–H groups in total. The normalized spacial score (nSPS) is 10.4. The van der Waals surface area contributed by atoms with E-state index in [9.17, 15) is 0 Å². The van der Waals surface area contributed by atoms with E-state index < -0.39 is 0 Å². The zero-order valence-corrected chi connectivity index (χ0v) is 8.16. The maximum absolute atomic E-state index is 5.65. The van der Waals surface area contributed by atoms with E-state index in [0.29, 0.717) is 24.1 Å². The average molecular weight is 180 g/mol. The predicted octanol–water partition coefficient (Wildman–Crippen LogP) is 2.09. The van der Waals surface area contributed by atoms with E-state index in [0.717, 1.165) is 6.42 Å². The third-order valence-electron chi connectivity index (χ3n) is 1.73. The van der Waals surface area contributed by atoms with E-state index in [-0.39, 0.29) is 0 Å². The van der Waals surface area contributed by atoms with Gasteiger partial charge in [0.25, 0.3) is 0 Å². The van der Waals surface area contributed by atoms with Gasteiger partial charge in [-0.3, -0.25) is 0 Å². The zero-order valence-electron chi connectivity index (χ0n) is 8.16. The van der Waals surface area contributed by atoms with Gasteiger partial charge in [0.1, 0.15) is 0 Å². The molecule has 0 saturated carbocycles. The van der Waals surface area contributed by atoms with Crippen molar-refractivity contribution in [2.24, 2.45) is 5.92 Å². The SMILES string of the molecule is CC(C)CCOc1ncccc1N. The first kappa shape index (κ1) is 9.84. The molecule has 0 radical (unpaired) electrons. The molecular formula is C10H16N2O. The summed E-state index contributed by atoms with van der Waals surface area (Å²) in [6.45, 7) is 5.00. The van der Waals surface area contributed by atoms with Crippen LogP contribution in [0, 0.1) is 5.92 Å². The summed E-state index contributed by atoms with van der Waals surface area (Å²) in [4.78, 5) is 4.03. The van der Waals surface area contributed by atoms with E-state index in [2.05, 4.69) is 18.8 Å². The molecule has 13 heavy (non-hydrogen) atoms. The van der Waals surface area contributed by atoms with Crippen LogP contribution < -0.4 is 10.5 Å². The van der Waals surface area contributed by atoms with Crippen molar-refractivity contribution in [3.63, 3.8) is 0 Å². The molecule has 0 aliphatic rings. The minimum Gasteiger partial charge on any atom is -0.476 e. The Kier molecular flexibility index (Phi) is 3.55. The number of anilines is 1. The second kappa shape index (κ2) is 4.70. The molecule has 0 aliphatic carbocycles. The summed E-state index contributed by atoms with van der Waals surface area (Å²) < 4.78 is 5.41. The van der Waals surface area contributed by atoms with Gasteiger partial charge in [-0.05, 0) is 24.5 Å². The van der Waals surface area contributed by atoms with E-state index in [4.69, 9.17) is 10.5 Å². The van der Waals surface area contributed by atoms with Crippen LogP contribution in [0.1, 0.15) is 20.3 Å². The number of pyridine rings is 1. The summed E-state index contributed by atoms with van der Waals surface area (Å²) in [5.41, 5.74) is 6.25. The van der Waals surface area contributed by atoms with Crippen LogP contribution in [0.25, 0.3) is 0 Å². The number of nitrogens with zero attached hydrogens (tertiary/aromatic N) is 1. The lowest BCUT2D eigenvalue weighted by atomic mass is 10.1. The molecule has 0 aromatic carbocycles. The summed E-state index contributed by atoms with van der Waals surface area (Å²) in [6, 6.07) is 3.59. The van der Waals surface area contributed by atoms with Crippen molar-refractivity contribution in [1.82, 2.24) is 4.98 Å². The van der Waals surface area contributed by atoms with Crippen LogP contribution in [0.2, 0.25) is 0 Å². The molecule has 0 unspecified atom stereocenters. The topological polar surface area (TPSA) is 48.1 Å². The smallest absolute Gasteiger partial charge is 0.237 e. The molecule has 1 heterocycles. The fourth-order valence-electron chi connectivity index (χ4n) is 0.915. The Hall–Kier alpha value is -1.25. The van der Waals surface area contributed by atoms with Crippen LogP contribution in [-0.4, -0.2) is 11.6 Å². The molecule has 0 atom stereocenters. The second-order valence-corrected chi connectivity index (χ2v) is 3.43. The van der Waals surface area contributed by atoms with Gasteiger partial charge < -0.3 is 10.5 Å². The molecule has 1 aromatic heterocycles. The number of hydrogen-bond donors (Lipinski definition) is 1. The Labute approximate surface area is 78.9 Å². The maximum Gasteiger partial charge on any atom is 0.237 e. The van der Waals surface area contributed by atoms with Gasteiger partial charge in [-0.2, -0.15) is 0 Å². The van der Waals surface area contributed by atoms with E-state index in [1.54, 1.807) is 18.3 Å². The Bertz CT molecular complexity index is 261. The fraction of sp³-hybridized carbons (Fsp3) is 0.500. The van der Waals surface area contributed by atoms with Crippen LogP contribution >= 0.6 is 0 Å². The lowest BCUT2D eigenvalue weighted by molar-refractivity contribution is 0.281. The molecule has 3 nitrogen and oxygen atoms in total. The summed E-state index contributed by atoms with van der Waals surface area (Å²) in [6.07, 6.45) is 2.71. The van der Waals surface area contributed by atoms with Gasteiger partial charge in [-0.15, -0.1) is 0 Å². The van der Waals surface area contributed by atoms with Crippen LogP contribution in [0.5, 0.6) is 5.88 Å². The van der Waals surface area contributed by atoms with Crippen molar-refractivity contribution >= 4 is 5.69 Å². The first-order chi connectivity index (χ1) is 6.20. The van der Waals surface area contributed by atoms with Crippen molar-refractivity contribution in [1.29, 1.82) is 0 Å². The van der Waals surface area contributed by atoms with Gasteiger partial charge in [0, 0.05) is 6.20 Å². The third-order valence-corrected chi connectivity index (χ3v) is 1.73. The Balaban J connectivity index is 2.41. The van der Waals surface area contributed by atoms with E-state index in [1.807, 2.05) is 0 Å². The number of hydrogen-bond acceptors (Lipinski definition) is 3. The van der Waals surface area contributed by atoms with Crippen molar-refractivity contribution in [2.45, 2.75) is 20.3 Å². The lowest BCUT2D eigenvalue weighted by Crippen LogP contribution is -2.04.